The fraction of sp³-hybridized carbons (Fsp3) is 0.714. The van der Waals surface area contributed by atoms with Crippen LogP contribution in [0.5, 0.6) is 0 Å². The number of rotatable bonds is 9. The van der Waals surface area contributed by atoms with Gasteiger partial charge in [-0.25, -0.2) is 4.98 Å². The summed E-state index contributed by atoms with van der Waals surface area (Å²) in [5.41, 5.74) is 0. The molecular weight excluding hydrogens is 260 g/mol. The molecule has 1 rings (SSSR count). The number of nitrogens with zero attached hydrogens (tertiary/aromatic N) is 2. The van der Waals surface area contributed by atoms with E-state index in [2.05, 4.69) is 34.4 Å². The lowest BCUT2D eigenvalue weighted by Gasteiger charge is -2.19. The van der Waals surface area contributed by atoms with Crippen LogP contribution in [0.25, 0.3) is 0 Å². The molecule has 1 aromatic heterocycles. The minimum atomic E-state index is 0.437. The fourth-order valence-corrected chi connectivity index (χ4v) is 2.14. The van der Waals surface area contributed by atoms with E-state index in [0.29, 0.717) is 17.0 Å². The van der Waals surface area contributed by atoms with E-state index in [0.717, 1.165) is 31.6 Å². The minimum absolute atomic E-state index is 0.437. The van der Waals surface area contributed by atoms with Gasteiger partial charge < -0.3 is 10.6 Å². The van der Waals surface area contributed by atoms with Crippen LogP contribution in [0.3, 0.4) is 0 Å². The van der Waals surface area contributed by atoms with Gasteiger partial charge in [-0.2, -0.15) is 4.98 Å². The molecule has 1 atom stereocenters. The van der Waals surface area contributed by atoms with Crippen molar-refractivity contribution < 1.29 is 0 Å². The Balaban J connectivity index is 2.72. The highest BCUT2D eigenvalue weighted by Crippen LogP contribution is 2.22. The summed E-state index contributed by atoms with van der Waals surface area (Å²) >= 11 is 6.16. The Labute approximate surface area is 121 Å². The highest BCUT2D eigenvalue weighted by Gasteiger charge is 2.11. The monoisotopic (exact) mass is 284 g/mol. The zero-order chi connectivity index (χ0) is 14.1. The molecule has 0 saturated carbocycles. The first-order chi connectivity index (χ1) is 9.21. The Morgan fingerprint density at radius 3 is 2.63 bits per heavy atom. The zero-order valence-electron chi connectivity index (χ0n) is 12.2. The van der Waals surface area contributed by atoms with E-state index in [1.54, 1.807) is 6.20 Å². The van der Waals surface area contributed by atoms with Crippen LogP contribution in [0.1, 0.15) is 52.9 Å². The molecule has 0 aliphatic heterocycles. The van der Waals surface area contributed by atoms with E-state index >= 15 is 0 Å². The van der Waals surface area contributed by atoms with Gasteiger partial charge in [-0.05, 0) is 19.8 Å². The van der Waals surface area contributed by atoms with Gasteiger partial charge in [-0.3, -0.25) is 0 Å². The van der Waals surface area contributed by atoms with E-state index in [1.165, 1.54) is 12.8 Å². The van der Waals surface area contributed by atoms with E-state index in [4.69, 9.17) is 11.6 Å². The van der Waals surface area contributed by atoms with Crippen molar-refractivity contribution in [3.63, 3.8) is 0 Å². The summed E-state index contributed by atoms with van der Waals surface area (Å²) in [6.45, 7) is 7.23. The Hall–Kier alpha value is -1.03. The Morgan fingerprint density at radius 1 is 1.21 bits per heavy atom. The summed E-state index contributed by atoms with van der Waals surface area (Å²) in [5, 5.41) is 7.14. The SMILES string of the molecule is CCCCC(CCC)Nc1nc(NCC)ncc1Cl. The van der Waals surface area contributed by atoms with E-state index in [-0.39, 0.29) is 0 Å². The number of unbranched alkanes of at least 4 members (excludes halogenated alkanes) is 1. The van der Waals surface area contributed by atoms with Crippen molar-refractivity contribution in [3.8, 4) is 0 Å². The molecular formula is C14H25ClN4. The van der Waals surface area contributed by atoms with Crippen LogP contribution in [-0.4, -0.2) is 22.6 Å². The van der Waals surface area contributed by atoms with Crippen molar-refractivity contribution in [2.24, 2.45) is 0 Å². The lowest BCUT2D eigenvalue weighted by molar-refractivity contribution is 0.563. The molecule has 0 aliphatic rings. The van der Waals surface area contributed by atoms with Crippen LogP contribution in [0.4, 0.5) is 11.8 Å². The molecule has 0 amide bonds. The number of aromatic nitrogens is 2. The first kappa shape index (κ1) is 16.0. The lowest BCUT2D eigenvalue weighted by atomic mass is 10.1. The molecule has 0 saturated heterocycles. The summed E-state index contributed by atoms with van der Waals surface area (Å²) in [7, 11) is 0. The molecule has 2 N–H and O–H groups in total. The van der Waals surface area contributed by atoms with Gasteiger partial charge in [0.2, 0.25) is 5.95 Å². The minimum Gasteiger partial charge on any atom is -0.366 e. The highest BCUT2D eigenvalue weighted by molar-refractivity contribution is 6.32. The number of anilines is 2. The van der Waals surface area contributed by atoms with Gasteiger partial charge in [0.05, 0.1) is 6.20 Å². The highest BCUT2D eigenvalue weighted by atomic mass is 35.5. The molecule has 108 valence electrons. The smallest absolute Gasteiger partial charge is 0.224 e. The molecule has 19 heavy (non-hydrogen) atoms. The largest absolute Gasteiger partial charge is 0.366 e. The van der Waals surface area contributed by atoms with Crippen LogP contribution >= 0.6 is 11.6 Å². The molecule has 0 aliphatic carbocycles. The van der Waals surface area contributed by atoms with E-state index < -0.39 is 0 Å². The van der Waals surface area contributed by atoms with Crippen LogP contribution < -0.4 is 10.6 Å². The summed E-state index contributed by atoms with van der Waals surface area (Å²) < 4.78 is 0. The van der Waals surface area contributed by atoms with E-state index in [1.807, 2.05) is 6.92 Å². The third kappa shape index (κ3) is 5.64. The molecule has 5 heteroatoms. The molecule has 0 spiro atoms. The maximum atomic E-state index is 6.16. The fourth-order valence-electron chi connectivity index (χ4n) is 1.99. The van der Waals surface area contributed by atoms with Gasteiger partial charge in [0, 0.05) is 12.6 Å². The average molecular weight is 285 g/mol. The maximum absolute atomic E-state index is 6.16. The molecule has 0 fully saturated rings. The third-order valence-electron chi connectivity index (χ3n) is 2.96. The first-order valence-electron chi connectivity index (χ1n) is 7.24. The van der Waals surface area contributed by atoms with E-state index in [9.17, 15) is 0 Å². The predicted molar refractivity (Wildman–Crippen MR) is 83.0 cm³/mol. The summed E-state index contributed by atoms with van der Waals surface area (Å²) in [5.74, 6) is 1.36. The van der Waals surface area contributed by atoms with Crippen molar-refractivity contribution >= 4 is 23.4 Å². The summed E-state index contributed by atoms with van der Waals surface area (Å²) in [4.78, 5) is 8.58. The third-order valence-corrected chi connectivity index (χ3v) is 3.24. The number of hydrogen-bond acceptors (Lipinski definition) is 4. The quantitative estimate of drug-likeness (QED) is 0.708. The second-order valence-corrected chi connectivity index (χ2v) is 5.10. The van der Waals surface area contributed by atoms with Gasteiger partial charge >= 0.3 is 0 Å². The number of hydrogen-bond donors (Lipinski definition) is 2. The summed E-state index contributed by atoms with van der Waals surface area (Å²) in [6.07, 6.45) is 7.53. The van der Waals surface area contributed by atoms with Crippen molar-refractivity contribution in [2.75, 3.05) is 17.2 Å². The molecule has 4 nitrogen and oxygen atoms in total. The maximum Gasteiger partial charge on any atom is 0.224 e. The molecule has 1 aromatic rings. The van der Waals surface area contributed by atoms with Crippen molar-refractivity contribution in [2.45, 2.75) is 58.9 Å². The summed E-state index contributed by atoms with van der Waals surface area (Å²) in [6, 6.07) is 0.437. The van der Waals surface area contributed by atoms with Gasteiger partial charge in [0.1, 0.15) is 5.02 Å². The molecule has 1 heterocycles. The second-order valence-electron chi connectivity index (χ2n) is 4.69. The Bertz CT molecular complexity index is 370. The molecule has 0 bridgehead atoms. The lowest BCUT2D eigenvalue weighted by Crippen LogP contribution is -2.20. The van der Waals surface area contributed by atoms with Crippen molar-refractivity contribution in [3.05, 3.63) is 11.2 Å². The van der Waals surface area contributed by atoms with Crippen molar-refractivity contribution in [1.82, 2.24) is 9.97 Å². The Kier molecular flexibility index (Phi) is 7.56. The van der Waals surface area contributed by atoms with Crippen LogP contribution in [0.2, 0.25) is 5.02 Å². The van der Waals surface area contributed by atoms with Crippen LogP contribution in [0, 0.1) is 0 Å². The molecule has 0 radical (unpaired) electrons. The zero-order valence-corrected chi connectivity index (χ0v) is 12.9. The Morgan fingerprint density at radius 2 is 2.00 bits per heavy atom. The second kappa shape index (κ2) is 8.97. The normalized spacial score (nSPS) is 12.2. The van der Waals surface area contributed by atoms with Gasteiger partial charge in [-0.15, -0.1) is 0 Å². The predicted octanol–water partition coefficient (Wildman–Crippen LogP) is 4.33. The van der Waals surface area contributed by atoms with Crippen LogP contribution in [0.15, 0.2) is 6.20 Å². The van der Waals surface area contributed by atoms with Gasteiger partial charge in [0.25, 0.3) is 0 Å². The standard InChI is InChI=1S/C14H25ClN4/c1-4-7-9-11(8-5-2)18-13-12(15)10-17-14(19-13)16-6-3/h10-11H,4-9H2,1-3H3,(H2,16,17,18,19). The topological polar surface area (TPSA) is 49.8 Å². The van der Waals surface area contributed by atoms with Crippen molar-refractivity contribution in [1.29, 1.82) is 0 Å². The van der Waals surface area contributed by atoms with Gasteiger partial charge in [-0.1, -0.05) is 44.7 Å². The van der Waals surface area contributed by atoms with Gasteiger partial charge in [0.15, 0.2) is 5.82 Å². The molecule has 1 unspecified atom stereocenters. The number of halogens is 1. The first-order valence-corrected chi connectivity index (χ1v) is 7.61. The van der Waals surface area contributed by atoms with Crippen LogP contribution in [-0.2, 0) is 0 Å². The molecule has 0 aromatic carbocycles. The average Bonchev–Trinajstić information content (AvgIpc) is 2.40. The number of nitrogens with one attached hydrogen (secondary N) is 2.